The van der Waals surface area contributed by atoms with Crippen LogP contribution in [0, 0.1) is 0 Å². The maximum Gasteiger partial charge on any atom is 0.110 e. The predicted molar refractivity (Wildman–Crippen MR) is 59.7 cm³/mol. The van der Waals surface area contributed by atoms with Crippen LogP contribution in [0.15, 0.2) is 12.3 Å². The second kappa shape index (κ2) is 5.52. The van der Waals surface area contributed by atoms with Crippen LogP contribution in [0.4, 0.5) is 0 Å². The first-order chi connectivity index (χ1) is 7.38. The van der Waals surface area contributed by atoms with Crippen molar-refractivity contribution in [2.75, 3.05) is 13.2 Å². The van der Waals surface area contributed by atoms with Gasteiger partial charge in [0.1, 0.15) is 6.10 Å². The Labute approximate surface area is 91.8 Å². The third-order valence-electron chi connectivity index (χ3n) is 3.15. The average molecular weight is 211 g/mol. The van der Waals surface area contributed by atoms with Crippen LogP contribution in [0.3, 0.4) is 0 Å². The largest absolute Gasteiger partial charge is 0.497 e. The molecule has 1 aliphatic heterocycles. The van der Waals surface area contributed by atoms with E-state index in [0.29, 0.717) is 18.2 Å². The van der Waals surface area contributed by atoms with Crippen LogP contribution in [-0.2, 0) is 9.47 Å². The number of allylic oxidation sites excluding steroid dienone is 1. The summed E-state index contributed by atoms with van der Waals surface area (Å²) in [4.78, 5) is 0. The van der Waals surface area contributed by atoms with Gasteiger partial charge in [0.2, 0.25) is 0 Å². The van der Waals surface area contributed by atoms with Gasteiger partial charge in [0.05, 0.1) is 12.4 Å². The topological polar surface area (TPSA) is 30.5 Å². The Morgan fingerprint density at radius 3 is 3.00 bits per heavy atom. The average Bonchev–Trinajstić information content (AvgIpc) is 2.23. The van der Waals surface area contributed by atoms with E-state index in [1.54, 1.807) is 0 Å². The van der Waals surface area contributed by atoms with E-state index in [4.69, 9.17) is 9.47 Å². The molecule has 3 nitrogen and oxygen atoms in total. The van der Waals surface area contributed by atoms with Crippen LogP contribution < -0.4 is 5.32 Å². The Bertz CT molecular complexity index is 212. The Hall–Kier alpha value is -0.540. The summed E-state index contributed by atoms with van der Waals surface area (Å²) in [5.74, 6) is 0. The van der Waals surface area contributed by atoms with E-state index in [0.717, 1.165) is 38.8 Å². The summed E-state index contributed by atoms with van der Waals surface area (Å²) in [6, 6.07) is 0.649. The number of rotatable bonds is 5. The van der Waals surface area contributed by atoms with Gasteiger partial charge in [0.25, 0.3) is 0 Å². The maximum atomic E-state index is 5.52. The zero-order chi connectivity index (χ0) is 10.5. The molecular weight excluding hydrogens is 190 g/mol. The SMILES string of the molecule is CCOC1CC(NCC2CCC=CO2)C1. The molecule has 1 aliphatic carbocycles. The fourth-order valence-corrected chi connectivity index (χ4v) is 2.14. The van der Waals surface area contributed by atoms with Crippen molar-refractivity contribution in [2.24, 2.45) is 0 Å². The molecule has 86 valence electrons. The van der Waals surface area contributed by atoms with Crippen molar-refractivity contribution in [1.82, 2.24) is 5.32 Å². The molecule has 1 saturated carbocycles. The molecular formula is C12H21NO2. The van der Waals surface area contributed by atoms with Gasteiger partial charge < -0.3 is 14.8 Å². The highest BCUT2D eigenvalue weighted by Crippen LogP contribution is 2.23. The lowest BCUT2D eigenvalue weighted by Crippen LogP contribution is -2.48. The van der Waals surface area contributed by atoms with E-state index in [9.17, 15) is 0 Å². The fraction of sp³-hybridized carbons (Fsp3) is 0.833. The van der Waals surface area contributed by atoms with Crippen molar-refractivity contribution >= 4 is 0 Å². The first-order valence-corrected chi connectivity index (χ1v) is 6.04. The minimum absolute atomic E-state index is 0.376. The molecule has 0 aromatic carbocycles. The van der Waals surface area contributed by atoms with E-state index in [2.05, 4.69) is 18.3 Å². The van der Waals surface area contributed by atoms with Gasteiger partial charge in [-0.05, 0) is 38.7 Å². The molecule has 1 fully saturated rings. The second-order valence-corrected chi connectivity index (χ2v) is 4.36. The third kappa shape index (κ3) is 3.21. The van der Waals surface area contributed by atoms with Crippen LogP contribution in [0.25, 0.3) is 0 Å². The molecule has 15 heavy (non-hydrogen) atoms. The van der Waals surface area contributed by atoms with Crippen molar-refractivity contribution in [1.29, 1.82) is 0 Å². The summed E-state index contributed by atoms with van der Waals surface area (Å²) < 4.78 is 11.0. The molecule has 2 rings (SSSR count). The van der Waals surface area contributed by atoms with Gasteiger partial charge in [0.15, 0.2) is 0 Å². The Morgan fingerprint density at radius 2 is 2.33 bits per heavy atom. The quantitative estimate of drug-likeness (QED) is 0.752. The van der Waals surface area contributed by atoms with Gasteiger partial charge in [-0.25, -0.2) is 0 Å². The third-order valence-corrected chi connectivity index (χ3v) is 3.15. The Morgan fingerprint density at radius 1 is 1.47 bits per heavy atom. The van der Waals surface area contributed by atoms with Crippen LogP contribution in [-0.4, -0.2) is 31.4 Å². The summed E-state index contributed by atoms with van der Waals surface area (Å²) in [5, 5.41) is 3.54. The highest BCUT2D eigenvalue weighted by Gasteiger charge is 2.29. The van der Waals surface area contributed by atoms with E-state index in [1.807, 2.05) is 6.26 Å². The van der Waals surface area contributed by atoms with E-state index in [-0.39, 0.29) is 0 Å². The zero-order valence-corrected chi connectivity index (χ0v) is 9.45. The summed E-state index contributed by atoms with van der Waals surface area (Å²) >= 11 is 0. The van der Waals surface area contributed by atoms with Crippen molar-refractivity contribution in [3.05, 3.63) is 12.3 Å². The fourth-order valence-electron chi connectivity index (χ4n) is 2.14. The highest BCUT2D eigenvalue weighted by molar-refractivity contribution is 4.88. The predicted octanol–water partition coefficient (Wildman–Crippen LogP) is 1.84. The lowest BCUT2D eigenvalue weighted by Gasteiger charge is -2.36. The van der Waals surface area contributed by atoms with Gasteiger partial charge in [-0.3, -0.25) is 0 Å². The Balaban J connectivity index is 1.54. The molecule has 0 aromatic rings. The van der Waals surface area contributed by atoms with Crippen molar-refractivity contribution in [2.45, 2.75) is 50.9 Å². The highest BCUT2D eigenvalue weighted by atomic mass is 16.5. The monoisotopic (exact) mass is 211 g/mol. The van der Waals surface area contributed by atoms with Crippen LogP contribution in [0.5, 0.6) is 0 Å². The number of hydrogen-bond acceptors (Lipinski definition) is 3. The number of hydrogen-bond donors (Lipinski definition) is 1. The van der Waals surface area contributed by atoms with Crippen LogP contribution >= 0.6 is 0 Å². The zero-order valence-electron chi connectivity index (χ0n) is 9.45. The lowest BCUT2D eigenvalue weighted by atomic mass is 9.89. The van der Waals surface area contributed by atoms with Crippen LogP contribution in [0.1, 0.15) is 32.6 Å². The molecule has 1 atom stereocenters. The normalized spacial score (nSPS) is 34.6. The minimum Gasteiger partial charge on any atom is -0.497 e. The smallest absolute Gasteiger partial charge is 0.110 e. The molecule has 0 radical (unpaired) electrons. The molecule has 0 saturated heterocycles. The molecule has 0 bridgehead atoms. The molecule has 1 unspecified atom stereocenters. The summed E-state index contributed by atoms with van der Waals surface area (Å²) in [7, 11) is 0. The molecule has 1 heterocycles. The standard InChI is InChI=1S/C12H21NO2/c1-2-14-12-7-10(8-12)13-9-11-5-3-4-6-15-11/h4,6,10-13H,2-3,5,7-9H2,1H3. The molecule has 2 aliphatic rings. The van der Waals surface area contributed by atoms with Crippen molar-refractivity contribution in [3.8, 4) is 0 Å². The van der Waals surface area contributed by atoms with Gasteiger partial charge >= 0.3 is 0 Å². The summed E-state index contributed by atoms with van der Waals surface area (Å²) in [6.45, 7) is 3.88. The summed E-state index contributed by atoms with van der Waals surface area (Å²) in [5.41, 5.74) is 0. The van der Waals surface area contributed by atoms with E-state index < -0.39 is 0 Å². The molecule has 0 amide bonds. The molecule has 1 N–H and O–H groups in total. The molecule has 0 spiro atoms. The maximum absolute atomic E-state index is 5.52. The van der Waals surface area contributed by atoms with E-state index in [1.165, 1.54) is 0 Å². The van der Waals surface area contributed by atoms with Gasteiger partial charge in [-0.2, -0.15) is 0 Å². The van der Waals surface area contributed by atoms with Crippen molar-refractivity contribution in [3.63, 3.8) is 0 Å². The first-order valence-electron chi connectivity index (χ1n) is 6.04. The molecule has 0 aromatic heterocycles. The number of ether oxygens (including phenoxy) is 2. The second-order valence-electron chi connectivity index (χ2n) is 4.36. The summed E-state index contributed by atoms with van der Waals surface area (Å²) in [6.07, 6.45) is 9.42. The first kappa shape index (κ1) is 11.0. The van der Waals surface area contributed by atoms with Crippen LogP contribution in [0.2, 0.25) is 0 Å². The van der Waals surface area contributed by atoms with E-state index >= 15 is 0 Å². The van der Waals surface area contributed by atoms with Gasteiger partial charge in [0, 0.05) is 19.2 Å². The minimum atomic E-state index is 0.376. The Kier molecular flexibility index (Phi) is 4.03. The molecule has 3 heteroatoms. The van der Waals surface area contributed by atoms with Gasteiger partial charge in [-0.15, -0.1) is 0 Å². The number of nitrogens with one attached hydrogen (secondary N) is 1. The lowest BCUT2D eigenvalue weighted by molar-refractivity contribution is -0.0131. The van der Waals surface area contributed by atoms with Crippen molar-refractivity contribution < 1.29 is 9.47 Å². The van der Waals surface area contributed by atoms with Gasteiger partial charge in [-0.1, -0.05) is 0 Å².